The Hall–Kier alpha value is -2.24. The summed E-state index contributed by atoms with van der Waals surface area (Å²) in [5.74, 6) is 0.739. The molecule has 0 unspecified atom stereocenters. The fourth-order valence-corrected chi connectivity index (χ4v) is 2.32. The number of nitrogens with zero attached hydrogens (tertiary/aromatic N) is 5. The number of ether oxygens (including phenoxy) is 1. The van der Waals surface area contributed by atoms with E-state index in [1.165, 1.54) is 0 Å². The first-order valence-electron chi connectivity index (χ1n) is 7.65. The molecule has 1 atom stereocenters. The third-order valence-corrected chi connectivity index (χ3v) is 3.65. The highest BCUT2D eigenvalue weighted by molar-refractivity contribution is 5.78. The van der Waals surface area contributed by atoms with E-state index in [2.05, 4.69) is 20.4 Å². The highest BCUT2D eigenvalue weighted by Crippen LogP contribution is 2.07. The van der Waals surface area contributed by atoms with Crippen LogP contribution in [0.2, 0.25) is 0 Å². The monoisotopic (exact) mass is 318 g/mol. The molecule has 1 amide bonds. The van der Waals surface area contributed by atoms with Crippen molar-refractivity contribution in [3.8, 4) is 6.07 Å². The second kappa shape index (κ2) is 9.02. The molecule has 1 aromatic heterocycles. The number of carbonyl (C=O) groups excluding carboxylic acids is 1. The van der Waals surface area contributed by atoms with E-state index in [0.717, 1.165) is 6.54 Å². The first-order chi connectivity index (χ1) is 11.2. The normalized spacial score (nSPS) is 18.2. The number of hydrogen-bond donors (Lipinski definition) is 1. The molecule has 124 valence electrons. The summed E-state index contributed by atoms with van der Waals surface area (Å²) >= 11 is 0. The van der Waals surface area contributed by atoms with E-state index in [-0.39, 0.29) is 12.0 Å². The molecule has 8 nitrogen and oxygen atoms in total. The van der Waals surface area contributed by atoms with Gasteiger partial charge in [-0.15, -0.1) is 5.10 Å². The van der Waals surface area contributed by atoms with E-state index < -0.39 is 0 Å². The predicted octanol–water partition coefficient (Wildman–Crippen LogP) is -0.0386. The van der Waals surface area contributed by atoms with Crippen molar-refractivity contribution >= 4 is 11.7 Å². The summed E-state index contributed by atoms with van der Waals surface area (Å²) in [5.41, 5.74) is 0. The summed E-state index contributed by atoms with van der Waals surface area (Å²) in [6.07, 6.45) is 1.98. The molecule has 0 aliphatic carbocycles. The highest BCUT2D eigenvalue weighted by atomic mass is 16.5. The lowest BCUT2D eigenvalue weighted by Crippen LogP contribution is -2.49. The van der Waals surface area contributed by atoms with Crippen molar-refractivity contribution in [1.29, 1.82) is 5.26 Å². The van der Waals surface area contributed by atoms with Gasteiger partial charge in [-0.25, -0.2) is 0 Å². The zero-order valence-corrected chi connectivity index (χ0v) is 13.3. The van der Waals surface area contributed by atoms with Crippen LogP contribution in [0, 0.1) is 11.3 Å². The number of rotatable bonds is 7. The molecule has 2 rings (SSSR count). The summed E-state index contributed by atoms with van der Waals surface area (Å²) in [5, 5.41) is 19.5. The Morgan fingerprint density at radius 3 is 3.26 bits per heavy atom. The van der Waals surface area contributed by atoms with Gasteiger partial charge in [-0.05, 0) is 12.1 Å². The number of nitriles is 1. The van der Waals surface area contributed by atoms with Crippen LogP contribution in [-0.4, -0.2) is 78.4 Å². The number of hydrogen-bond acceptors (Lipinski definition) is 7. The second-order valence-electron chi connectivity index (χ2n) is 5.44. The third kappa shape index (κ3) is 5.81. The summed E-state index contributed by atoms with van der Waals surface area (Å²) in [6.45, 7) is 3.46. The molecule has 1 aromatic rings. The number of nitrogens with one attached hydrogen (secondary N) is 1. The fourth-order valence-electron chi connectivity index (χ4n) is 2.32. The van der Waals surface area contributed by atoms with E-state index in [9.17, 15) is 4.79 Å². The topological polar surface area (TPSA) is 94.4 Å². The zero-order chi connectivity index (χ0) is 16.5. The van der Waals surface area contributed by atoms with Gasteiger partial charge >= 0.3 is 0 Å². The van der Waals surface area contributed by atoms with Gasteiger partial charge in [0.15, 0.2) is 0 Å². The van der Waals surface area contributed by atoms with Crippen LogP contribution in [0.15, 0.2) is 18.3 Å². The van der Waals surface area contributed by atoms with Crippen molar-refractivity contribution in [2.24, 2.45) is 0 Å². The molecule has 1 fully saturated rings. The van der Waals surface area contributed by atoms with E-state index in [1.807, 2.05) is 18.2 Å². The number of amides is 1. The summed E-state index contributed by atoms with van der Waals surface area (Å²) in [4.78, 5) is 15.8. The Balaban J connectivity index is 1.74. The summed E-state index contributed by atoms with van der Waals surface area (Å²) < 4.78 is 5.72. The van der Waals surface area contributed by atoms with Gasteiger partial charge in [-0.1, -0.05) is 0 Å². The number of carbonyl (C=O) groups is 1. The quantitative estimate of drug-likeness (QED) is 0.754. The molecule has 0 spiro atoms. The first-order valence-corrected chi connectivity index (χ1v) is 7.65. The van der Waals surface area contributed by atoms with Crippen LogP contribution in [0.25, 0.3) is 0 Å². The molecule has 23 heavy (non-hydrogen) atoms. The minimum Gasteiger partial charge on any atom is -0.374 e. The van der Waals surface area contributed by atoms with Gasteiger partial charge in [0.05, 0.1) is 31.7 Å². The lowest BCUT2D eigenvalue weighted by atomic mass is 10.2. The van der Waals surface area contributed by atoms with Crippen molar-refractivity contribution in [1.82, 2.24) is 20.0 Å². The fraction of sp³-hybridized carbons (Fsp3) is 0.600. The molecule has 0 aromatic carbocycles. The van der Waals surface area contributed by atoms with Crippen molar-refractivity contribution in [2.45, 2.75) is 12.5 Å². The number of anilines is 1. The van der Waals surface area contributed by atoms with E-state index >= 15 is 0 Å². The average Bonchev–Trinajstić information content (AvgIpc) is 2.59. The molecule has 8 heteroatoms. The summed E-state index contributed by atoms with van der Waals surface area (Å²) in [6, 6.07) is 5.72. The minimum atomic E-state index is 0.00275. The third-order valence-electron chi connectivity index (χ3n) is 3.65. The molecule has 1 aliphatic heterocycles. The van der Waals surface area contributed by atoms with Gasteiger partial charge in [-0.2, -0.15) is 10.4 Å². The maximum atomic E-state index is 12.1. The Labute approximate surface area is 136 Å². The van der Waals surface area contributed by atoms with Crippen LogP contribution in [0.1, 0.15) is 6.42 Å². The Morgan fingerprint density at radius 1 is 1.65 bits per heavy atom. The lowest BCUT2D eigenvalue weighted by molar-refractivity contribution is -0.132. The van der Waals surface area contributed by atoms with Crippen LogP contribution in [0.3, 0.4) is 0 Å². The standard InChI is InChI=1S/C15H22N6O2/c1-20(7-3-5-16)15(22)12-21-8-9-23-13(11-21)10-17-14-4-2-6-18-19-14/h2,4,6,13H,3,7-12H2,1H3,(H,17,19)/t13-/m1/s1. The maximum absolute atomic E-state index is 12.1. The number of morpholine rings is 1. The first kappa shape index (κ1) is 17.1. The molecule has 1 aliphatic rings. The Morgan fingerprint density at radius 2 is 2.52 bits per heavy atom. The molecule has 1 N–H and O–H groups in total. The molecule has 0 radical (unpaired) electrons. The SMILES string of the molecule is CN(CCC#N)C(=O)CN1CCO[C@H](CNc2cccnn2)C1. The van der Waals surface area contributed by atoms with Gasteiger partial charge < -0.3 is 15.0 Å². The Kier molecular flexibility index (Phi) is 6.72. The Bertz CT molecular complexity index is 533. The molecule has 1 saturated heterocycles. The molecule has 0 saturated carbocycles. The van der Waals surface area contributed by atoms with Gasteiger partial charge in [0.2, 0.25) is 5.91 Å². The van der Waals surface area contributed by atoms with Crippen LogP contribution >= 0.6 is 0 Å². The predicted molar refractivity (Wildman–Crippen MR) is 84.6 cm³/mol. The molecular weight excluding hydrogens is 296 g/mol. The molecule has 0 bridgehead atoms. The van der Waals surface area contributed by atoms with Crippen molar-refractivity contribution in [2.75, 3.05) is 51.7 Å². The summed E-state index contributed by atoms with van der Waals surface area (Å²) in [7, 11) is 1.73. The van der Waals surface area contributed by atoms with Crippen LogP contribution in [0.4, 0.5) is 5.82 Å². The smallest absolute Gasteiger partial charge is 0.236 e. The van der Waals surface area contributed by atoms with Crippen molar-refractivity contribution in [3.63, 3.8) is 0 Å². The number of likely N-dealkylation sites (N-methyl/N-ethyl adjacent to an activating group) is 1. The van der Waals surface area contributed by atoms with Crippen molar-refractivity contribution in [3.05, 3.63) is 18.3 Å². The molecule has 2 heterocycles. The second-order valence-corrected chi connectivity index (χ2v) is 5.44. The van der Waals surface area contributed by atoms with E-state index in [4.69, 9.17) is 10.00 Å². The van der Waals surface area contributed by atoms with E-state index in [0.29, 0.717) is 45.0 Å². The van der Waals surface area contributed by atoms with Gasteiger partial charge in [0.25, 0.3) is 0 Å². The van der Waals surface area contributed by atoms with Gasteiger partial charge in [0, 0.05) is 39.4 Å². The van der Waals surface area contributed by atoms with Crippen LogP contribution in [0.5, 0.6) is 0 Å². The minimum absolute atomic E-state index is 0.00275. The van der Waals surface area contributed by atoms with Gasteiger partial charge in [-0.3, -0.25) is 9.69 Å². The molecular formula is C15H22N6O2. The van der Waals surface area contributed by atoms with E-state index in [1.54, 1.807) is 18.1 Å². The maximum Gasteiger partial charge on any atom is 0.236 e. The lowest BCUT2D eigenvalue weighted by Gasteiger charge is -2.33. The van der Waals surface area contributed by atoms with Crippen LogP contribution in [-0.2, 0) is 9.53 Å². The average molecular weight is 318 g/mol. The van der Waals surface area contributed by atoms with Gasteiger partial charge in [0.1, 0.15) is 5.82 Å². The highest BCUT2D eigenvalue weighted by Gasteiger charge is 2.23. The number of aromatic nitrogens is 2. The largest absolute Gasteiger partial charge is 0.374 e. The zero-order valence-electron chi connectivity index (χ0n) is 13.3. The van der Waals surface area contributed by atoms with Crippen LogP contribution < -0.4 is 5.32 Å². The van der Waals surface area contributed by atoms with Crippen molar-refractivity contribution < 1.29 is 9.53 Å².